The number of likely N-dealkylation sites (tertiary alicyclic amines) is 1. The van der Waals surface area contributed by atoms with Crippen molar-refractivity contribution < 1.29 is 4.79 Å². The van der Waals surface area contributed by atoms with E-state index in [4.69, 9.17) is 11.6 Å². The van der Waals surface area contributed by atoms with Gasteiger partial charge in [-0.25, -0.2) is 0 Å². The van der Waals surface area contributed by atoms with Gasteiger partial charge in [0.05, 0.1) is 0 Å². The number of piperidine rings is 1. The fourth-order valence-corrected chi connectivity index (χ4v) is 8.21. The number of amides is 1. The normalized spacial score (nSPS) is 34.3. The van der Waals surface area contributed by atoms with Gasteiger partial charge in [0.25, 0.3) is 5.91 Å². The standard InChI is InChI=1S/C27H36ClN3O/c1-30-8-3-2-4-23(30)7-9-31-24-6-5-22(28)13-21(24)14-25(31)26(32)29-27-15-18-10-19(16-27)12-20(11-18)17-27/h5-6,13-14,18-20,23H,2-4,7-12,15-17H2,1H3,(H,29,32). The first-order chi connectivity index (χ1) is 15.5. The number of nitrogens with zero attached hydrogens (tertiary/aromatic N) is 2. The fourth-order valence-electron chi connectivity index (χ4n) is 8.03. The van der Waals surface area contributed by atoms with Crippen LogP contribution in [0.4, 0.5) is 0 Å². The summed E-state index contributed by atoms with van der Waals surface area (Å²) in [6, 6.07) is 8.72. The molecule has 7 rings (SSSR count). The van der Waals surface area contributed by atoms with Gasteiger partial charge in [0, 0.05) is 34.1 Å². The summed E-state index contributed by atoms with van der Waals surface area (Å²) in [4.78, 5) is 16.2. The number of aromatic nitrogens is 1. The van der Waals surface area contributed by atoms with Gasteiger partial charge in [0.2, 0.25) is 0 Å². The summed E-state index contributed by atoms with van der Waals surface area (Å²) >= 11 is 6.31. The van der Waals surface area contributed by atoms with Crippen LogP contribution in [-0.2, 0) is 6.54 Å². The molecule has 1 unspecified atom stereocenters. The van der Waals surface area contributed by atoms with Crippen LogP contribution in [0.3, 0.4) is 0 Å². The molecule has 1 saturated heterocycles. The second-order valence-corrected chi connectivity index (χ2v) is 11.9. The van der Waals surface area contributed by atoms with Crippen molar-refractivity contribution >= 4 is 28.4 Å². The number of carbonyl (C=O) groups is 1. The summed E-state index contributed by atoms with van der Waals surface area (Å²) in [5, 5.41) is 5.41. The van der Waals surface area contributed by atoms with Crippen LogP contribution in [0.5, 0.6) is 0 Å². The third kappa shape index (κ3) is 3.77. The SMILES string of the molecule is CN1CCCCC1CCn1c(C(=O)NC23CC4CC(CC(C4)C2)C3)cc2cc(Cl)ccc21. The van der Waals surface area contributed by atoms with Gasteiger partial charge in [-0.1, -0.05) is 18.0 Å². The highest BCUT2D eigenvalue weighted by atomic mass is 35.5. The van der Waals surface area contributed by atoms with Crippen molar-refractivity contribution in [2.75, 3.05) is 13.6 Å². The minimum atomic E-state index is 0.0361. The lowest BCUT2D eigenvalue weighted by molar-refractivity contribution is -0.0168. The van der Waals surface area contributed by atoms with Crippen LogP contribution in [0.2, 0.25) is 5.02 Å². The van der Waals surface area contributed by atoms with Crippen molar-refractivity contribution in [1.82, 2.24) is 14.8 Å². The molecular weight excluding hydrogens is 418 g/mol. The van der Waals surface area contributed by atoms with Crippen LogP contribution >= 0.6 is 11.6 Å². The predicted molar refractivity (Wildman–Crippen MR) is 130 cm³/mol. The number of halogens is 1. The lowest BCUT2D eigenvalue weighted by atomic mass is 9.53. The molecule has 1 aromatic carbocycles. The number of aryl methyl sites for hydroxylation is 1. The maximum Gasteiger partial charge on any atom is 0.268 e. The molecule has 5 fully saturated rings. The number of rotatable bonds is 5. The highest BCUT2D eigenvalue weighted by Crippen LogP contribution is 2.55. The molecule has 1 atom stereocenters. The Morgan fingerprint density at radius 1 is 1.09 bits per heavy atom. The van der Waals surface area contributed by atoms with Crippen molar-refractivity contribution in [3.63, 3.8) is 0 Å². The summed E-state index contributed by atoms with van der Waals surface area (Å²) in [5.41, 5.74) is 1.98. The van der Waals surface area contributed by atoms with Crippen LogP contribution in [-0.4, -0.2) is 40.5 Å². The van der Waals surface area contributed by atoms with E-state index in [9.17, 15) is 4.79 Å². The highest BCUT2D eigenvalue weighted by molar-refractivity contribution is 6.31. The molecule has 32 heavy (non-hydrogen) atoms. The molecule has 172 valence electrons. The molecule has 1 amide bonds. The van der Waals surface area contributed by atoms with E-state index in [1.54, 1.807) is 0 Å². The number of carbonyl (C=O) groups excluding carboxylic acids is 1. The molecule has 2 aromatic rings. The Balaban J connectivity index is 1.28. The van der Waals surface area contributed by atoms with Gasteiger partial charge < -0.3 is 14.8 Å². The molecule has 1 aliphatic heterocycles. The zero-order chi connectivity index (χ0) is 21.9. The molecule has 1 N–H and O–H groups in total. The molecule has 0 radical (unpaired) electrons. The summed E-state index contributed by atoms with van der Waals surface area (Å²) < 4.78 is 2.27. The van der Waals surface area contributed by atoms with E-state index in [1.165, 1.54) is 64.3 Å². The summed E-state index contributed by atoms with van der Waals surface area (Å²) in [7, 11) is 2.25. The second kappa shape index (κ2) is 8.06. The van der Waals surface area contributed by atoms with E-state index >= 15 is 0 Å². The molecular formula is C27H36ClN3O. The van der Waals surface area contributed by atoms with E-state index < -0.39 is 0 Å². The van der Waals surface area contributed by atoms with Gasteiger partial charge in [-0.2, -0.15) is 0 Å². The lowest BCUT2D eigenvalue weighted by Crippen LogP contribution is -2.60. The van der Waals surface area contributed by atoms with Gasteiger partial charge in [0.15, 0.2) is 0 Å². The number of fused-ring (bicyclic) bond motifs is 1. The topological polar surface area (TPSA) is 37.3 Å². The van der Waals surface area contributed by atoms with Crippen LogP contribution < -0.4 is 5.32 Å². The largest absolute Gasteiger partial charge is 0.345 e. The Bertz CT molecular complexity index is 992. The van der Waals surface area contributed by atoms with Crippen LogP contribution in [0.25, 0.3) is 10.9 Å². The highest BCUT2D eigenvalue weighted by Gasteiger charge is 2.51. The maximum atomic E-state index is 13.7. The van der Waals surface area contributed by atoms with Crippen LogP contribution in [0.1, 0.15) is 74.7 Å². The molecule has 0 spiro atoms. The van der Waals surface area contributed by atoms with E-state index in [0.717, 1.165) is 52.3 Å². The third-order valence-corrected chi connectivity index (χ3v) is 9.36. The molecule has 4 nitrogen and oxygen atoms in total. The van der Waals surface area contributed by atoms with Crippen molar-refractivity contribution in [3.8, 4) is 0 Å². The van der Waals surface area contributed by atoms with E-state index in [1.807, 2.05) is 12.1 Å². The number of nitrogens with one attached hydrogen (secondary N) is 1. The Morgan fingerprint density at radius 2 is 1.81 bits per heavy atom. The van der Waals surface area contributed by atoms with E-state index in [-0.39, 0.29) is 11.4 Å². The molecule has 1 aromatic heterocycles. The third-order valence-electron chi connectivity index (χ3n) is 9.12. The zero-order valence-corrected chi connectivity index (χ0v) is 20.0. The predicted octanol–water partition coefficient (Wildman–Crippen LogP) is 5.87. The van der Waals surface area contributed by atoms with Crippen molar-refractivity contribution in [3.05, 3.63) is 35.0 Å². The average molecular weight is 454 g/mol. The minimum absolute atomic E-state index is 0.0361. The lowest BCUT2D eigenvalue weighted by Gasteiger charge is -2.56. The smallest absolute Gasteiger partial charge is 0.268 e. The first kappa shape index (κ1) is 21.0. The molecule has 5 heteroatoms. The Kier molecular flexibility index (Phi) is 5.30. The maximum absolute atomic E-state index is 13.7. The summed E-state index contributed by atoms with van der Waals surface area (Å²) in [5.74, 6) is 2.60. The van der Waals surface area contributed by atoms with Crippen molar-refractivity contribution in [2.45, 2.75) is 82.3 Å². The fraction of sp³-hybridized carbons (Fsp3) is 0.667. The first-order valence-electron chi connectivity index (χ1n) is 12.8. The minimum Gasteiger partial charge on any atom is -0.345 e. The number of hydrogen-bond acceptors (Lipinski definition) is 2. The first-order valence-corrected chi connectivity index (χ1v) is 13.2. The molecule has 2 heterocycles. The van der Waals surface area contributed by atoms with Crippen molar-refractivity contribution in [1.29, 1.82) is 0 Å². The van der Waals surface area contributed by atoms with Gasteiger partial charge in [0.1, 0.15) is 5.69 Å². The Hall–Kier alpha value is -1.52. The summed E-state index contributed by atoms with van der Waals surface area (Å²) in [6.07, 6.45) is 12.7. The monoisotopic (exact) mass is 453 g/mol. The quantitative estimate of drug-likeness (QED) is 0.614. The number of benzene rings is 1. The molecule has 4 bridgehead atoms. The van der Waals surface area contributed by atoms with Gasteiger partial charge in [-0.15, -0.1) is 0 Å². The number of hydrogen-bond donors (Lipinski definition) is 1. The van der Waals surface area contributed by atoms with E-state index in [2.05, 4.69) is 34.0 Å². The van der Waals surface area contributed by atoms with Crippen LogP contribution in [0, 0.1) is 17.8 Å². The molecule has 4 saturated carbocycles. The Labute approximate surface area is 196 Å². The zero-order valence-electron chi connectivity index (χ0n) is 19.3. The van der Waals surface area contributed by atoms with E-state index in [0.29, 0.717) is 6.04 Å². The van der Waals surface area contributed by atoms with Gasteiger partial charge in [-0.05, 0) is 113 Å². The summed E-state index contributed by atoms with van der Waals surface area (Å²) in [6.45, 7) is 2.07. The molecule has 4 aliphatic carbocycles. The van der Waals surface area contributed by atoms with Crippen LogP contribution in [0.15, 0.2) is 24.3 Å². The molecule has 5 aliphatic rings. The second-order valence-electron chi connectivity index (χ2n) is 11.5. The Morgan fingerprint density at radius 3 is 2.50 bits per heavy atom. The van der Waals surface area contributed by atoms with Gasteiger partial charge >= 0.3 is 0 Å². The van der Waals surface area contributed by atoms with Gasteiger partial charge in [-0.3, -0.25) is 4.79 Å². The van der Waals surface area contributed by atoms with Crippen molar-refractivity contribution in [2.24, 2.45) is 17.8 Å². The average Bonchev–Trinajstić information content (AvgIpc) is 3.09.